The van der Waals surface area contributed by atoms with Crippen molar-refractivity contribution in [3.05, 3.63) is 40.2 Å². The van der Waals surface area contributed by atoms with Gasteiger partial charge in [-0.3, -0.25) is 0 Å². The van der Waals surface area contributed by atoms with Gasteiger partial charge in [0.2, 0.25) is 10.0 Å². The molecule has 0 unspecified atom stereocenters. The highest BCUT2D eigenvalue weighted by molar-refractivity contribution is 7.89. The van der Waals surface area contributed by atoms with Crippen LogP contribution in [-0.2, 0) is 23.0 Å². The first-order valence-corrected chi connectivity index (χ1v) is 8.35. The van der Waals surface area contributed by atoms with Crippen molar-refractivity contribution in [3.8, 4) is 0 Å². The normalized spacial score (nSPS) is 11.5. The quantitative estimate of drug-likeness (QED) is 0.554. The Morgan fingerprint density at radius 3 is 2.70 bits per heavy atom. The molecule has 2 rings (SSSR count). The maximum Gasteiger partial charge on any atom is 0.244 e. The summed E-state index contributed by atoms with van der Waals surface area (Å²) in [5.41, 5.74) is 2.29. The SMILES string of the molecule is CCc1ccc(CNS(=O)(=O)c2cccnc2NN)s1. The summed E-state index contributed by atoms with van der Waals surface area (Å²) in [7, 11) is -3.65. The van der Waals surface area contributed by atoms with Crippen LogP contribution in [0.2, 0.25) is 0 Å². The van der Waals surface area contributed by atoms with Crippen LogP contribution in [0.25, 0.3) is 0 Å². The highest BCUT2D eigenvalue weighted by Crippen LogP contribution is 2.19. The Hall–Kier alpha value is -1.48. The van der Waals surface area contributed by atoms with E-state index < -0.39 is 10.0 Å². The van der Waals surface area contributed by atoms with Gasteiger partial charge in [-0.1, -0.05) is 6.92 Å². The third kappa shape index (κ3) is 3.34. The molecule has 2 aromatic rings. The summed E-state index contributed by atoms with van der Waals surface area (Å²) in [6, 6.07) is 6.94. The van der Waals surface area contributed by atoms with Crippen LogP contribution >= 0.6 is 11.3 Å². The molecule has 2 heterocycles. The fourth-order valence-electron chi connectivity index (χ4n) is 1.67. The fraction of sp³-hybridized carbons (Fsp3) is 0.250. The van der Waals surface area contributed by atoms with E-state index in [0.29, 0.717) is 0 Å². The first-order valence-electron chi connectivity index (χ1n) is 6.05. The molecule has 0 spiro atoms. The average molecular weight is 312 g/mol. The van der Waals surface area contributed by atoms with E-state index in [2.05, 4.69) is 22.1 Å². The number of nitrogen functional groups attached to an aromatic ring is 1. The van der Waals surface area contributed by atoms with Crippen LogP contribution < -0.4 is 16.0 Å². The van der Waals surface area contributed by atoms with Gasteiger partial charge in [0.25, 0.3) is 0 Å². The summed E-state index contributed by atoms with van der Waals surface area (Å²) in [6.45, 7) is 2.32. The molecule has 0 fully saturated rings. The van der Waals surface area contributed by atoms with E-state index in [1.54, 1.807) is 17.4 Å². The Labute approximate surface area is 122 Å². The first kappa shape index (κ1) is 14.9. The van der Waals surface area contributed by atoms with Crippen molar-refractivity contribution in [2.75, 3.05) is 5.43 Å². The summed E-state index contributed by atoms with van der Waals surface area (Å²) in [5, 5.41) is 0. The van der Waals surface area contributed by atoms with Crippen molar-refractivity contribution in [2.24, 2.45) is 5.84 Å². The number of nitrogens with one attached hydrogen (secondary N) is 2. The summed E-state index contributed by atoms with van der Waals surface area (Å²) >= 11 is 1.60. The zero-order valence-corrected chi connectivity index (χ0v) is 12.6. The number of thiophene rings is 1. The maximum atomic E-state index is 12.2. The highest BCUT2D eigenvalue weighted by Gasteiger charge is 2.18. The highest BCUT2D eigenvalue weighted by atomic mass is 32.2. The number of sulfonamides is 1. The largest absolute Gasteiger partial charge is 0.307 e. The summed E-state index contributed by atoms with van der Waals surface area (Å²) in [6.07, 6.45) is 2.42. The lowest BCUT2D eigenvalue weighted by molar-refractivity contribution is 0.581. The Morgan fingerprint density at radius 1 is 1.30 bits per heavy atom. The van der Waals surface area contributed by atoms with Crippen LogP contribution in [0.3, 0.4) is 0 Å². The second-order valence-corrected chi connectivity index (χ2v) is 7.03. The number of hydrogen-bond acceptors (Lipinski definition) is 6. The van der Waals surface area contributed by atoms with Crippen molar-refractivity contribution < 1.29 is 8.42 Å². The molecule has 4 N–H and O–H groups in total. The molecule has 0 aromatic carbocycles. The number of anilines is 1. The molecule has 0 aliphatic carbocycles. The second-order valence-electron chi connectivity index (χ2n) is 4.04. The lowest BCUT2D eigenvalue weighted by atomic mass is 10.4. The molecule has 0 bridgehead atoms. The topological polar surface area (TPSA) is 97.1 Å². The van der Waals surface area contributed by atoms with Crippen molar-refractivity contribution in [1.29, 1.82) is 0 Å². The zero-order chi connectivity index (χ0) is 14.6. The smallest absolute Gasteiger partial charge is 0.244 e. The summed E-state index contributed by atoms with van der Waals surface area (Å²) < 4.78 is 27.0. The minimum Gasteiger partial charge on any atom is -0.307 e. The van der Waals surface area contributed by atoms with E-state index >= 15 is 0 Å². The summed E-state index contributed by atoms with van der Waals surface area (Å²) in [4.78, 5) is 6.12. The standard InChI is InChI=1S/C12H16N4O2S2/c1-2-9-5-6-10(19-9)8-15-20(17,18)11-4-3-7-14-12(11)16-13/h3-7,15H,2,8,13H2,1H3,(H,14,16). The van der Waals surface area contributed by atoms with Crippen LogP contribution in [0.15, 0.2) is 35.4 Å². The number of hydrazine groups is 1. The van der Waals surface area contributed by atoms with Gasteiger partial charge in [0.05, 0.1) is 0 Å². The average Bonchev–Trinajstić information content (AvgIpc) is 2.93. The van der Waals surface area contributed by atoms with Crippen molar-refractivity contribution >= 4 is 27.2 Å². The molecule has 0 atom stereocenters. The van der Waals surface area contributed by atoms with Gasteiger partial charge in [0.1, 0.15) is 4.90 Å². The number of pyridine rings is 1. The molecule has 6 nitrogen and oxygen atoms in total. The number of aryl methyl sites for hydroxylation is 1. The molecule has 108 valence electrons. The zero-order valence-electron chi connectivity index (χ0n) is 11.0. The number of nitrogens with zero attached hydrogens (tertiary/aromatic N) is 1. The van der Waals surface area contributed by atoms with Crippen LogP contribution in [0.4, 0.5) is 5.82 Å². The van der Waals surface area contributed by atoms with Crippen LogP contribution in [0.1, 0.15) is 16.7 Å². The number of rotatable bonds is 6. The van der Waals surface area contributed by atoms with Crippen molar-refractivity contribution in [1.82, 2.24) is 9.71 Å². The van der Waals surface area contributed by atoms with E-state index in [4.69, 9.17) is 5.84 Å². The lowest BCUT2D eigenvalue weighted by Crippen LogP contribution is -2.25. The number of hydrogen-bond donors (Lipinski definition) is 3. The number of nitrogens with two attached hydrogens (primary N) is 1. The van der Waals surface area contributed by atoms with Gasteiger partial charge < -0.3 is 5.43 Å². The van der Waals surface area contributed by atoms with Crippen molar-refractivity contribution in [2.45, 2.75) is 24.8 Å². The predicted molar refractivity (Wildman–Crippen MR) is 79.8 cm³/mol. The number of aromatic nitrogens is 1. The minimum absolute atomic E-state index is 0.0368. The van der Waals surface area contributed by atoms with Gasteiger partial charge in [-0.25, -0.2) is 24.0 Å². The van der Waals surface area contributed by atoms with Gasteiger partial charge in [-0.2, -0.15) is 0 Å². The first-order chi connectivity index (χ1) is 9.56. The van der Waals surface area contributed by atoms with E-state index in [9.17, 15) is 8.42 Å². The molecule has 0 aliphatic heterocycles. The third-order valence-electron chi connectivity index (χ3n) is 2.70. The van der Waals surface area contributed by atoms with Crippen molar-refractivity contribution in [3.63, 3.8) is 0 Å². The Bertz CT molecular complexity index is 682. The molecule has 0 amide bonds. The molecular weight excluding hydrogens is 296 g/mol. The van der Waals surface area contributed by atoms with E-state index in [1.165, 1.54) is 17.1 Å². The van der Waals surface area contributed by atoms with E-state index in [0.717, 1.165) is 11.3 Å². The third-order valence-corrected chi connectivity index (χ3v) is 5.36. The predicted octanol–water partition coefficient (Wildman–Crippen LogP) is 1.47. The van der Waals surface area contributed by atoms with Gasteiger partial charge in [-0.15, -0.1) is 11.3 Å². The molecule has 2 aromatic heterocycles. The molecule has 0 saturated carbocycles. The van der Waals surface area contributed by atoms with E-state index in [1.807, 2.05) is 12.1 Å². The van der Waals surface area contributed by atoms with Crippen LogP contribution in [0.5, 0.6) is 0 Å². The van der Waals surface area contributed by atoms with Crippen LogP contribution in [-0.4, -0.2) is 13.4 Å². The molecule has 8 heteroatoms. The molecule has 0 radical (unpaired) electrons. The Balaban J connectivity index is 2.15. The van der Waals surface area contributed by atoms with Gasteiger partial charge in [0.15, 0.2) is 5.82 Å². The Kier molecular flexibility index (Phi) is 4.71. The minimum atomic E-state index is -3.65. The monoisotopic (exact) mass is 312 g/mol. The Morgan fingerprint density at radius 2 is 2.05 bits per heavy atom. The van der Waals surface area contributed by atoms with Gasteiger partial charge in [0, 0.05) is 22.5 Å². The van der Waals surface area contributed by atoms with Gasteiger partial charge >= 0.3 is 0 Å². The summed E-state index contributed by atoms with van der Waals surface area (Å²) in [5.74, 6) is 5.40. The second kappa shape index (κ2) is 6.31. The molecule has 0 aliphatic rings. The maximum absolute atomic E-state index is 12.2. The molecule has 20 heavy (non-hydrogen) atoms. The van der Waals surface area contributed by atoms with Crippen LogP contribution in [0, 0.1) is 0 Å². The molecule has 0 saturated heterocycles. The lowest BCUT2D eigenvalue weighted by Gasteiger charge is -2.09. The molecular formula is C12H16N4O2S2. The van der Waals surface area contributed by atoms with E-state index in [-0.39, 0.29) is 17.3 Å². The fourth-order valence-corrected chi connectivity index (χ4v) is 3.78. The van der Waals surface area contributed by atoms with Gasteiger partial charge in [-0.05, 0) is 30.7 Å².